The maximum Gasteiger partial charge on any atom is 0.202 e. The third-order valence-electron chi connectivity index (χ3n) is 6.04. The van der Waals surface area contributed by atoms with Crippen molar-refractivity contribution < 1.29 is 4.79 Å². The van der Waals surface area contributed by atoms with Crippen LogP contribution in [0, 0.1) is 11.3 Å². The minimum atomic E-state index is -0.507. The number of carbonyl (C=O) groups is 1. The molecular formula is C28H24N6O. The highest BCUT2D eigenvalue weighted by Crippen LogP contribution is 2.23. The number of nitrogens with one attached hydrogen (secondary N) is 1. The van der Waals surface area contributed by atoms with Crippen LogP contribution in [0.5, 0.6) is 0 Å². The molecule has 3 aromatic heterocycles. The van der Waals surface area contributed by atoms with Gasteiger partial charge in [-0.2, -0.15) is 10.4 Å². The molecule has 0 saturated heterocycles. The summed E-state index contributed by atoms with van der Waals surface area (Å²) in [6.07, 6.45) is 8.03. The minimum Gasteiger partial charge on any atom is -0.303 e. The summed E-state index contributed by atoms with van der Waals surface area (Å²) < 4.78 is 3.59. The summed E-state index contributed by atoms with van der Waals surface area (Å²) in [6.45, 7) is 0.610. The van der Waals surface area contributed by atoms with E-state index in [1.54, 1.807) is 10.9 Å². The molecule has 7 nitrogen and oxygen atoms in total. The average molecular weight is 461 g/mol. The SMILES string of the molecule is Cn1cc(-c2ccn3c(C(=O)[C@@H](NCCc4ccc(C#N)cc4)c4ccccc4)cnc3c2)cn1. The van der Waals surface area contributed by atoms with Crippen LogP contribution in [0.4, 0.5) is 0 Å². The zero-order valence-corrected chi connectivity index (χ0v) is 19.3. The van der Waals surface area contributed by atoms with E-state index in [2.05, 4.69) is 21.5 Å². The van der Waals surface area contributed by atoms with Crippen molar-refractivity contribution in [3.8, 4) is 17.2 Å². The van der Waals surface area contributed by atoms with Crippen molar-refractivity contribution >= 4 is 11.4 Å². The number of pyridine rings is 1. The average Bonchev–Trinajstić information content (AvgIpc) is 3.53. The standard InChI is InChI=1S/C28H24N6O/c1-33-19-24(17-32-33)23-12-14-34-25(18-31-26(34)15-23)28(35)27(22-5-3-2-4-6-22)30-13-11-20-7-9-21(16-29)10-8-20/h2-10,12,14-15,17-19,27,30H,11,13H2,1H3/t27-/m0/s1. The Balaban J connectivity index is 1.39. The van der Waals surface area contributed by atoms with Crippen molar-refractivity contribution in [3.05, 3.63) is 114 Å². The zero-order valence-electron chi connectivity index (χ0n) is 19.3. The Morgan fingerprint density at radius 1 is 1.06 bits per heavy atom. The first-order chi connectivity index (χ1) is 17.1. The second-order valence-corrected chi connectivity index (χ2v) is 8.41. The second-order valence-electron chi connectivity index (χ2n) is 8.41. The molecular weight excluding hydrogens is 436 g/mol. The van der Waals surface area contributed by atoms with E-state index < -0.39 is 6.04 Å². The van der Waals surface area contributed by atoms with E-state index in [1.165, 1.54) is 0 Å². The van der Waals surface area contributed by atoms with E-state index in [4.69, 9.17) is 5.26 Å². The molecule has 172 valence electrons. The van der Waals surface area contributed by atoms with Gasteiger partial charge in [-0.1, -0.05) is 42.5 Å². The topological polar surface area (TPSA) is 88.0 Å². The molecule has 0 amide bonds. The van der Waals surface area contributed by atoms with Gasteiger partial charge in [-0.15, -0.1) is 0 Å². The van der Waals surface area contributed by atoms with Crippen molar-refractivity contribution in [2.24, 2.45) is 7.05 Å². The molecule has 0 fully saturated rings. The van der Waals surface area contributed by atoms with Gasteiger partial charge in [-0.25, -0.2) is 4.98 Å². The normalized spacial score (nSPS) is 11.9. The molecule has 5 aromatic rings. The number of hydrogen-bond acceptors (Lipinski definition) is 5. The van der Waals surface area contributed by atoms with Gasteiger partial charge < -0.3 is 5.32 Å². The van der Waals surface area contributed by atoms with Crippen molar-refractivity contribution in [3.63, 3.8) is 0 Å². The Morgan fingerprint density at radius 3 is 2.57 bits per heavy atom. The maximum atomic E-state index is 13.7. The predicted molar refractivity (Wildman–Crippen MR) is 134 cm³/mol. The number of imidazole rings is 1. The van der Waals surface area contributed by atoms with Crippen LogP contribution in [-0.2, 0) is 13.5 Å². The molecule has 35 heavy (non-hydrogen) atoms. The first-order valence-corrected chi connectivity index (χ1v) is 11.4. The number of carbonyl (C=O) groups excluding carboxylic acids is 1. The van der Waals surface area contributed by atoms with Gasteiger partial charge in [0.1, 0.15) is 11.3 Å². The zero-order chi connectivity index (χ0) is 24.2. The molecule has 7 heteroatoms. The number of nitrogens with zero attached hydrogens (tertiary/aromatic N) is 5. The number of rotatable bonds is 8. The quantitative estimate of drug-likeness (QED) is 0.348. The molecule has 2 aromatic carbocycles. The summed E-state index contributed by atoms with van der Waals surface area (Å²) in [5, 5.41) is 16.7. The van der Waals surface area contributed by atoms with Crippen molar-refractivity contribution in [2.45, 2.75) is 12.5 Å². The summed E-state index contributed by atoms with van der Waals surface area (Å²) >= 11 is 0. The molecule has 1 N–H and O–H groups in total. The van der Waals surface area contributed by atoms with Gasteiger partial charge in [-0.05, 0) is 47.4 Å². The first kappa shape index (κ1) is 22.3. The lowest BCUT2D eigenvalue weighted by atomic mass is 10.00. The molecule has 0 aliphatic rings. The Kier molecular flexibility index (Phi) is 6.20. The van der Waals surface area contributed by atoms with Gasteiger partial charge >= 0.3 is 0 Å². The third-order valence-corrected chi connectivity index (χ3v) is 6.04. The summed E-state index contributed by atoms with van der Waals surface area (Å²) in [7, 11) is 1.88. The fourth-order valence-corrected chi connectivity index (χ4v) is 4.17. The number of aryl methyl sites for hydroxylation is 1. The number of ketones is 1. The molecule has 0 aliphatic heterocycles. The monoisotopic (exact) mass is 460 g/mol. The lowest BCUT2D eigenvalue weighted by molar-refractivity contribution is 0.0937. The lowest BCUT2D eigenvalue weighted by Gasteiger charge is -2.18. The molecule has 3 heterocycles. The minimum absolute atomic E-state index is 0.0438. The highest BCUT2D eigenvalue weighted by atomic mass is 16.1. The fraction of sp³-hybridized carbons (Fsp3) is 0.143. The number of Topliss-reactive ketones (excluding diaryl/α,β-unsaturated/α-hetero) is 1. The predicted octanol–water partition coefficient (Wildman–Crippen LogP) is 4.36. The van der Waals surface area contributed by atoms with Gasteiger partial charge in [0.2, 0.25) is 5.78 Å². The van der Waals surface area contributed by atoms with E-state index >= 15 is 0 Å². The summed E-state index contributed by atoms with van der Waals surface area (Å²) in [5.74, 6) is -0.0438. The number of benzene rings is 2. The first-order valence-electron chi connectivity index (χ1n) is 11.4. The van der Waals surface area contributed by atoms with Crippen LogP contribution in [-0.4, -0.2) is 31.5 Å². The molecule has 0 radical (unpaired) electrons. The van der Waals surface area contributed by atoms with Crippen LogP contribution in [0.2, 0.25) is 0 Å². The molecule has 1 atom stereocenters. The highest BCUT2D eigenvalue weighted by molar-refractivity contribution is 6.00. The van der Waals surface area contributed by atoms with Gasteiger partial charge in [0.15, 0.2) is 0 Å². The molecule has 5 rings (SSSR count). The number of fused-ring (bicyclic) bond motifs is 1. The van der Waals surface area contributed by atoms with E-state index in [0.29, 0.717) is 23.4 Å². The Labute approximate surface area is 203 Å². The van der Waals surface area contributed by atoms with Crippen LogP contribution >= 0.6 is 0 Å². The van der Waals surface area contributed by atoms with Crippen LogP contribution < -0.4 is 5.32 Å². The van der Waals surface area contributed by atoms with Crippen molar-refractivity contribution in [2.75, 3.05) is 6.54 Å². The largest absolute Gasteiger partial charge is 0.303 e. The molecule has 0 aliphatic carbocycles. The molecule has 0 bridgehead atoms. The molecule has 0 unspecified atom stereocenters. The van der Waals surface area contributed by atoms with Crippen LogP contribution in [0.1, 0.15) is 33.2 Å². The molecule has 0 spiro atoms. The molecule has 0 saturated carbocycles. The van der Waals surface area contributed by atoms with Crippen molar-refractivity contribution in [1.82, 2.24) is 24.5 Å². The second kappa shape index (κ2) is 9.75. The van der Waals surface area contributed by atoms with Gasteiger partial charge in [-0.3, -0.25) is 13.9 Å². The van der Waals surface area contributed by atoms with Crippen LogP contribution in [0.3, 0.4) is 0 Å². The van der Waals surface area contributed by atoms with E-state index in [0.717, 1.165) is 28.7 Å². The highest BCUT2D eigenvalue weighted by Gasteiger charge is 2.24. The van der Waals surface area contributed by atoms with E-state index in [-0.39, 0.29) is 5.78 Å². The van der Waals surface area contributed by atoms with Crippen LogP contribution in [0.15, 0.2) is 91.5 Å². The smallest absolute Gasteiger partial charge is 0.202 e. The Hall–Kier alpha value is -4.54. The summed E-state index contributed by atoms with van der Waals surface area (Å²) in [5.41, 5.74) is 5.87. The van der Waals surface area contributed by atoms with E-state index in [9.17, 15) is 4.79 Å². The summed E-state index contributed by atoms with van der Waals surface area (Å²) in [4.78, 5) is 18.2. The van der Waals surface area contributed by atoms with Crippen LogP contribution in [0.25, 0.3) is 16.8 Å². The van der Waals surface area contributed by atoms with E-state index in [1.807, 2.05) is 96.8 Å². The number of hydrogen-bond donors (Lipinski definition) is 1. The maximum absolute atomic E-state index is 13.7. The third kappa shape index (κ3) is 4.74. The van der Waals surface area contributed by atoms with Gasteiger partial charge in [0.05, 0.1) is 30.1 Å². The van der Waals surface area contributed by atoms with Gasteiger partial charge in [0.25, 0.3) is 0 Å². The number of nitriles is 1. The Morgan fingerprint density at radius 2 is 1.86 bits per heavy atom. The van der Waals surface area contributed by atoms with Gasteiger partial charge in [0, 0.05) is 31.5 Å². The summed E-state index contributed by atoms with van der Waals surface area (Å²) in [6, 6.07) is 22.8. The lowest BCUT2D eigenvalue weighted by Crippen LogP contribution is -2.31. The van der Waals surface area contributed by atoms with Crippen molar-refractivity contribution in [1.29, 1.82) is 5.26 Å². The fourth-order valence-electron chi connectivity index (χ4n) is 4.17. The number of aromatic nitrogens is 4. The Bertz CT molecular complexity index is 1510.